The number of likely N-dealkylation sites (tertiary alicyclic amines) is 1. The van der Waals surface area contributed by atoms with Gasteiger partial charge in [0.15, 0.2) is 0 Å². The van der Waals surface area contributed by atoms with Crippen molar-refractivity contribution >= 4 is 28.8 Å². The molecule has 220 valence electrons. The summed E-state index contributed by atoms with van der Waals surface area (Å²) >= 11 is 7.54. The van der Waals surface area contributed by atoms with Gasteiger partial charge in [0.05, 0.1) is 33.9 Å². The summed E-state index contributed by atoms with van der Waals surface area (Å²) in [5, 5.41) is 3.19. The van der Waals surface area contributed by atoms with Gasteiger partial charge in [-0.25, -0.2) is 4.98 Å². The average molecular weight is 611 g/mol. The Hall–Kier alpha value is -3.94. The van der Waals surface area contributed by atoms with Gasteiger partial charge in [0.1, 0.15) is 5.01 Å². The van der Waals surface area contributed by atoms with Crippen LogP contribution in [-0.2, 0) is 19.9 Å². The predicted molar refractivity (Wildman–Crippen MR) is 177 cm³/mol. The van der Waals surface area contributed by atoms with Gasteiger partial charge in [-0.1, -0.05) is 55.8 Å². The summed E-state index contributed by atoms with van der Waals surface area (Å²) in [7, 11) is 1.96. The number of nitrogens with zero attached hydrogens (tertiary/aromatic N) is 4. The van der Waals surface area contributed by atoms with Gasteiger partial charge in [0, 0.05) is 42.3 Å². The van der Waals surface area contributed by atoms with E-state index in [0.717, 1.165) is 65.9 Å². The fourth-order valence-corrected chi connectivity index (χ4v) is 6.99. The SMILES string of the molecule is CCc1cccc(CC)c1-n1c(-c2cccn2C)c(C(=O)N2CCCCC2)cc(-c2nc(-c3ccc(Cl)cc3)cs2)c1=O. The lowest BCUT2D eigenvalue weighted by Crippen LogP contribution is -2.37. The van der Waals surface area contributed by atoms with Crippen molar-refractivity contribution in [2.45, 2.75) is 46.0 Å². The maximum absolute atomic E-state index is 14.9. The Labute approximate surface area is 261 Å². The summed E-state index contributed by atoms with van der Waals surface area (Å²) in [6.07, 6.45) is 6.54. The van der Waals surface area contributed by atoms with Crippen LogP contribution in [0.2, 0.25) is 5.02 Å². The first-order valence-electron chi connectivity index (χ1n) is 14.9. The molecule has 6 nitrogen and oxygen atoms in total. The number of rotatable bonds is 7. The molecule has 4 heterocycles. The third-order valence-corrected chi connectivity index (χ3v) is 9.45. The summed E-state index contributed by atoms with van der Waals surface area (Å²) in [6, 6.07) is 19.5. The number of hydrogen-bond acceptors (Lipinski definition) is 4. The number of benzene rings is 2. The van der Waals surface area contributed by atoms with Crippen molar-refractivity contribution in [1.29, 1.82) is 0 Å². The minimum absolute atomic E-state index is 0.0487. The second-order valence-electron chi connectivity index (χ2n) is 11.0. The number of amides is 1. The molecule has 1 amide bonds. The molecule has 1 fully saturated rings. The van der Waals surface area contributed by atoms with Crippen molar-refractivity contribution in [3.8, 4) is 38.9 Å². The second kappa shape index (κ2) is 12.3. The molecule has 0 atom stereocenters. The summed E-state index contributed by atoms with van der Waals surface area (Å²) in [5.74, 6) is -0.0487. The number of carbonyl (C=O) groups excluding carboxylic acids is 1. The van der Waals surface area contributed by atoms with Gasteiger partial charge in [-0.05, 0) is 73.6 Å². The van der Waals surface area contributed by atoms with Crippen LogP contribution >= 0.6 is 22.9 Å². The van der Waals surface area contributed by atoms with Crippen LogP contribution in [0.5, 0.6) is 0 Å². The van der Waals surface area contributed by atoms with Gasteiger partial charge in [-0.2, -0.15) is 0 Å². The van der Waals surface area contributed by atoms with E-state index in [2.05, 4.69) is 32.0 Å². The normalized spacial score (nSPS) is 13.4. The first kappa shape index (κ1) is 29.1. The molecule has 6 rings (SSSR count). The largest absolute Gasteiger partial charge is 0.349 e. The van der Waals surface area contributed by atoms with E-state index in [1.807, 2.05) is 69.1 Å². The molecule has 1 aliphatic heterocycles. The zero-order valence-corrected chi connectivity index (χ0v) is 26.3. The van der Waals surface area contributed by atoms with Crippen LogP contribution in [0, 0.1) is 0 Å². The van der Waals surface area contributed by atoms with Crippen LogP contribution in [0.4, 0.5) is 0 Å². The number of aromatic nitrogens is 3. The highest BCUT2D eigenvalue weighted by atomic mass is 35.5. The van der Waals surface area contributed by atoms with Gasteiger partial charge < -0.3 is 9.47 Å². The molecule has 0 bridgehead atoms. The fourth-order valence-electron chi connectivity index (χ4n) is 6.03. The van der Waals surface area contributed by atoms with Gasteiger partial charge in [0.2, 0.25) is 0 Å². The van der Waals surface area contributed by atoms with Crippen LogP contribution < -0.4 is 5.56 Å². The molecular weight excluding hydrogens is 576 g/mol. The highest BCUT2D eigenvalue weighted by Gasteiger charge is 2.29. The van der Waals surface area contributed by atoms with Gasteiger partial charge in [-0.3, -0.25) is 14.2 Å². The number of pyridine rings is 1. The van der Waals surface area contributed by atoms with Crippen molar-refractivity contribution in [1.82, 2.24) is 19.0 Å². The third-order valence-electron chi connectivity index (χ3n) is 8.32. The Bertz CT molecular complexity index is 1820. The van der Waals surface area contributed by atoms with E-state index >= 15 is 0 Å². The van der Waals surface area contributed by atoms with E-state index in [9.17, 15) is 9.59 Å². The average Bonchev–Trinajstić information content (AvgIpc) is 3.70. The molecule has 0 aliphatic carbocycles. The summed E-state index contributed by atoms with van der Waals surface area (Å²) in [4.78, 5) is 36.2. The monoisotopic (exact) mass is 610 g/mol. The van der Waals surface area contributed by atoms with Crippen LogP contribution in [0.1, 0.15) is 54.6 Å². The van der Waals surface area contributed by atoms with Crippen LogP contribution in [-0.4, -0.2) is 38.0 Å². The lowest BCUT2D eigenvalue weighted by atomic mass is 9.99. The molecule has 3 aromatic heterocycles. The van der Waals surface area contributed by atoms with Crippen LogP contribution in [0.25, 0.3) is 38.9 Å². The third kappa shape index (κ3) is 5.48. The van der Waals surface area contributed by atoms with Crippen molar-refractivity contribution in [2.75, 3.05) is 13.1 Å². The van der Waals surface area contributed by atoms with Gasteiger partial charge in [0.25, 0.3) is 11.5 Å². The van der Waals surface area contributed by atoms with E-state index in [0.29, 0.717) is 39.9 Å². The van der Waals surface area contributed by atoms with E-state index in [-0.39, 0.29) is 11.5 Å². The highest BCUT2D eigenvalue weighted by molar-refractivity contribution is 7.13. The number of carbonyl (C=O) groups is 1. The first-order chi connectivity index (χ1) is 20.9. The topological polar surface area (TPSA) is 60.1 Å². The molecule has 1 aliphatic rings. The number of para-hydroxylation sites is 1. The Morgan fingerprint density at radius 1 is 0.953 bits per heavy atom. The molecular formula is C35H35ClN4O2S. The first-order valence-corrected chi connectivity index (χ1v) is 16.2. The smallest absolute Gasteiger partial charge is 0.266 e. The molecule has 0 spiro atoms. The lowest BCUT2D eigenvalue weighted by molar-refractivity contribution is 0.0724. The number of hydrogen-bond donors (Lipinski definition) is 0. The van der Waals surface area contributed by atoms with Crippen molar-refractivity contribution < 1.29 is 4.79 Å². The number of halogens is 1. The highest BCUT2D eigenvalue weighted by Crippen LogP contribution is 2.35. The molecule has 43 heavy (non-hydrogen) atoms. The van der Waals surface area contributed by atoms with E-state index in [1.54, 1.807) is 6.07 Å². The molecule has 2 aromatic carbocycles. The number of thiazole rings is 1. The minimum Gasteiger partial charge on any atom is -0.349 e. The van der Waals surface area contributed by atoms with Crippen LogP contribution in [0.15, 0.2) is 77.0 Å². The van der Waals surface area contributed by atoms with E-state index in [1.165, 1.54) is 11.3 Å². The Morgan fingerprint density at radius 2 is 1.65 bits per heavy atom. The summed E-state index contributed by atoms with van der Waals surface area (Å²) in [5.41, 5.74) is 6.88. The lowest BCUT2D eigenvalue weighted by Gasteiger charge is -2.29. The molecule has 0 N–H and O–H groups in total. The maximum atomic E-state index is 14.9. The maximum Gasteiger partial charge on any atom is 0.266 e. The Balaban J connectivity index is 1.68. The molecule has 0 radical (unpaired) electrons. The number of aryl methyl sites for hydroxylation is 3. The Morgan fingerprint density at radius 3 is 2.28 bits per heavy atom. The molecule has 8 heteroatoms. The fraction of sp³-hybridized carbons (Fsp3) is 0.286. The van der Waals surface area contributed by atoms with Gasteiger partial charge >= 0.3 is 0 Å². The molecule has 0 saturated carbocycles. The summed E-state index contributed by atoms with van der Waals surface area (Å²) in [6.45, 7) is 5.63. The van der Waals surface area contributed by atoms with Crippen LogP contribution in [0.3, 0.4) is 0 Å². The van der Waals surface area contributed by atoms with E-state index < -0.39 is 0 Å². The standard InChI is InChI=1S/C35H35ClN4O2S/c1-4-23-11-9-12-24(5-2)31(23)40-32(30-13-10-18-38(30)3)27(34(41)39-19-7-6-8-20-39)21-28(35(40)42)33-37-29(22-43-33)25-14-16-26(36)17-15-25/h9-18,21-22H,4-8,19-20H2,1-3H3. The van der Waals surface area contributed by atoms with Crippen molar-refractivity contribution in [2.24, 2.45) is 7.05 Å². The zero-order chi connectivity index (χ0) is 30.1. The second-order valence-corrected chi connectivity index (χ2v) is 12.3. The van der Waals surface area contributed by atoms with E-state index in [4.69, 9.17) is 16.6 Å². The predicted octanol–water partition coefficient (Wildman–Crippen LogP) is 8.04. The summed E-state index contributed by atoms with van der Waals surface area (Å²) < 4.78 is 3.79. The minimum atomic E-state index is -0.181. The van der Waals surface area contributed by atoms with Crippen molar-refractivity contribution in [3.05, 3.63) is 104 Å². The van der Waals surface area contributed by atoms with Crippen molar-refractivity contribution in [3.63, 3.8) is 0 Å². The molecule has 5 aromatic rings. The number of piperidine rings is 1. The zero-order valence-electron chi connectivity index (χ0n) is 24.8. The molecule has 1 saturated heterocycles. The molecule has 0 unspecified atom stereocenters. The Kier molecular flexibility index (Phi) is 8.37. The quantitative estimate of drug-likeness (QED) is 0.187. The van der Waals surface area contributed by atoms with Gasteiger partial charge in [-0.15, -0.1) is 11.3 Å².